The minimum atomic E-state index is 0.863. The van der Waals surface area contributed by atoms with E-state index in [0.717, 1.165) is 13.1 Å². The highest BCUT2D eigenvalue weighted by molar-refractivity contribution is 5.69. The van der Waals surface area contributed by atoms with Crippen molar-refractivity contribution in [2.45, 2.75) is 26.4 Å². The number of aromatic nitrogens is 1. The molecule has 1 aromatic heterocycles. The number of anilines is 2. The summed E-state index contributed by atoms with van der Waals surface area (Å²) in [6.45, 7) is 4.15. The van der Waals surface area contributed by atoms with Crippen LogP contribution in [0.1, 0.15) is 18.9 Å². The maximum Gasteiger partial charge on any atom is 0.0596 e. The molecule has 2 aromatic rings. The van der Waals surface area contributed by atoms with E-state index in [1.807, 2.05) is 0 Å². The van der Waals surface area contributed by atoms with Crippen molar-refractivity contribution in [1.29, 1.82) is 0 Å². The first-order chi connectivity index (χ1) is 9.20. The van der Waals surface area contributed by atoms with E-state index >= 15 is 0 Å². The third-order valence-electron chi connectivity index (χ3n) is 3.16. The van der Waals surface area contributed by atoms with Crippen LogP contribution in [-0.4, -0.2) is 18.7 Å². The summed E-state index contributed by atoms with van der Waals surface area (Å²) >= 11 is 0. The van der Waals surface area contributed by atoms with Crippen molar-refractivity contribution in [2.75, 3.05) is 24.3 Å². The maximum absolute atomic E-state index is 3.51. The first-order valence-corrected chi connectivity index (χ1v) is 6.85. The van der Waals surface area contributed by atoms with Crippen LogP contribution >= 0.6 is 0 Å². The zero-order valence-corrected chi connectivity index (χ0v) is 12.1. The van der Waals surface area contributed by atoms with E-state index < -0.39 is 0 Å². The summed E-state index contributed by atoms with van der Waals surface area (Å²) in [5.74, 6) is 0. The summed E-state index contributed by atoms with van der Waals surface area (Å²) in [4.78, 5) is 2.13. The molecule has 1 aromatic carbocycles. The summed E-state index contributed by atoms with van der Waals surface area (Å²) in [7, 11) is 4.14. The second kappa shape index (κ2) is 6.32. The zero-order valence-electron chi connectivity index (χ0n) is 12.1. The van der Waals surface area contributed by atoms with E-state index in [2.05, 4.69) is 78.5 Å². The lowest BCUT2D eigenvalue weighted by Crippen LogP contribution is -2.11. The second-order valence-electron chi connectivity index (χ2n) is 5.02. The molecule has 0 aliphatic carbocycles. The molecular weight excluding hydrogens is 234 g/mol. The van der Waals surface area contributed by atoms with Crippen LogP contribution < -0.4 is 10.2 Å². The minimum absolute atomic E-state index is 0.863. The quantitative estimate of drug-likeness (QED) is 0.853. The van der Waals surface area contributed by atoms with Crippen molar-refractivity contribution in [3.63, 3.8) is 0 Å². The van der Waals surface area contributed by atoms with Gasteiger partial charge in [0.2, 0.25) is 0 Å². The number of para-hydroxylation sites is 2. The molecule has 0 atom stereocenters. The van der Waals surface area contributed by atoms with Crippen molar-refractivity contribution in [2.24, 2.45) is 0 Å². The van der Waals surface area contributed by atoms with Gasteiger partial charge in [-0.2, -0.15) is 0 Å². The average molecular weight is 257 g/mol. The van der Waals surface area contributed by atoms with Gasteiger partial charge < -0.3 is 14.8 Å². The van der Waals surface area contributed by atoms with Crippen LogP contribution in [0, 0.1) is 0 Å². The highest BCUT2D eigenvalue weighted by Crippen LogP contribution is 2.23. The molecule has 0 saturated carbocycles. The Morgan fingerprint density at radius 1 is 1.16 bits per heavy atom. The number of aryl methyl sites for hydroxylation is 1. The fraction of sp³-hybridized carbons (Fsp3) is 0.375. The first kappa shape index (κ1) is 13.5. The zero-order chi connectivity index (χ0) is 13.7. The molecule has 0 unspecified atom stereocenters. The Balaban J connectivity index is 2.01. The van der Waals surface area contributed by atoms with Crippen LogP contribution in [0.4, 0.5) is 11.4 Å². The Hall–Kier alpha value is -1.90. The van der Waals surface area contributed by atoms with Gasteiger partial charge in [0.05, 0.1) is 11.4 Å². The Labute approximate surface area is 115 Å². The molecule has 0 fully saturated rings. The normalized spacial score (nSPS) is 10.5. The van der Waals surface area contributed by atoms with Crippen LogP contribution in [0.3, 0.4) is 0 Å². The van der Waals surface area contributed by atoms with Gasteiger partial charge in [-0.15, -0.1) is 0 Å². The van der Waals surface area contributed by atoms with Crippen LogP contribution in [0.25, 0.3) is 0 Å². The van der Waals surface area contributed by atoms with Gasteiger partial charge in [0.25, 0.3) is 0 Å². The van der Waals surface area contributed by atoms with E-state index in [4.69, 9.17) is 0 Å². The molecule has 1 N–H and O–H groups in total. The summed E-state index contributed by atoms with van der Waals surface area (Å²) in [6.07, 6.45) is 5.54. The lowest BCUT2D eigenvalue weighted by Gasteiger charge is -2.18. The third-order valence-corrected chi connectivity index (χ3v) is 3.16. The van der Waals surface area contributed by atoms with Gasteiger partial charge in [-0.1, -0.05) is 19.1 Å². The summed E-state index contributed by atoms with van der Waals surface area (Å²) in [5.41, 5.74) is 3.72. The number of rotatable bonds is 6. The van der Waals surface area contributed by atoms with Crippen molar-refractivity contribution >= 4 is 11.4 Å². The van der Waals surface area contributed by atoms with Crippen LogP contribution in [0.5, 0.6) is 0 Å². The number of nitrogens with one attached hydrogen (secondary N) is 1. The van der Waals surface area contributed by atoms with Gasteiger partial charge in [-0.3, -0.25) is 0 Å². The number of hydrogen-bond acceptors (Lipinski definition) is 2. The van der Waals surface area contributed by atoms with Gasteiger partial charge >= 0.3 is 0 Å². The molecule has 19 heavy (non-hydrogen) atoms. The summed E-state index contributed by atoms with van der Waals surface area (Å²) in [5, 5.41) is 3.51. The predicted octanol–water partition coefficient (Wildman–Crippen LogP) is 3.58. The topological polar surface area (TPSA) is 20.2 Å². The standard InChI is InChI=1S/C16H23N3/c1-4-10-19-11-9-14(13-19)12-17-15-7-5-6-8-16(15)18(2)3/h5-9,11,13,17H,4,10,12H2,1-3H3. The van der Waals surface area contributed by atoms with E-state index in [1.165, 1.54) is 23.4 Å². The SMILES string of the molecule is CCCn1ccc(CNc2ccccc2N(C)C)c1. The molecule has 2 rings (SSSR count). The Bertz CT molecular complexity index is 514. The molecule has 3 nitrogen and oxygen atoms in total. The molecule has 0 saturated heterocycles. The molecule has 0 amide bonds. The van der Waals surface area contributed by atoms with Gasteiger partial charge in [0.1, 0.15) is 0 Å². The molecule has 0 aliphatic heterocycles. The van der Waals surface area contributed by atoms with Crippen LogP contribution in [-0.2, 0) is 13.1 Å². The molecule has 102 valence electrons. The molecule has 0 radical (unpaired) electrons. The molecule has 1 heterocycles. The monoisotopic (exact) mass is 257 g/mol. The first-order valence-electron chi connectivity index (χ1n) is 6.85. The van der Waals surface area contributed by atoms with Crippen molar-refractivity contribution < 1.29 is 0 Å². The highest BCUT2D eigenvalue weighted by atomic mass is 15.1. The van der Waals surface area contributed by atoms with Gasteiger partial charge in [-0.25, -0.2) is 0 Å². The molecule has 0 bridgehead atoms. The third kappa shape index (κ3) is 3.53. The Morgan fingerprint density at radius 3 is 2.68 bits per heavy atom. The number of nitrogens with zero attached hydrogens (tertiary/aromatic N) is 2. The lowest BCUT2D eigenvalue weighted by molar-refractivity contribution is 0.682. The summed E-state index contributed by atoms with van der Waals surface area (Å²) in [6, 6.07) is 10.6. The fourth-order valence-electron chi connectivity index (χ4n) is 2.20. The van der Waals surface area contributed by atoms with E-state index in [1.54, 1.807) is 0 Å². The Kier molecular flexibility index (Phi) is 4.50. The van der Waals surface area contributed by atoms with E-state index in [0.29, 0.717) is 0 Å². The average Bonchev–Trinajstić information content (AvgIpc) is 2.85. The fourth-order valence-corrected chi connectivity index (χ4v) is 2.20. The van der Waals surface area contributed by atoms with Crippen LogP contribution in [0.2, 0.25) is 0 Å². The summed E-state index contributed by atoms with van der Waals surface area (Å²) < 4.78 is 2.24. The smallest absolute Gasteiger partial charge is 0.0596 e. The van der Waals surface area contributed by atoms with Crippen molar-refractivity contribution in [3.8, 4) is 0 Å². The van der Waals surface area contributed by atoms with Gasteiger partial charge in [0, 0.05) is 39.6 Å². The van der Waals surface area contributed by atoms with Crippen molar-refractivity contribution in [3.05, 3.63) is 48.3 Å². The van der Waals surface area contributed by atoms with Crippen molar-refractivity contribution in [1.82, 2.24) is 4.57 Å². The Morgan fingerprint density at radius 2 is 1.95 bits per heavy atom. The predicted molar refractivity (Wildman–Crippen MR) is 82.8 cm³/mol. The van der Waals surface area contributed by atoms with Gasteiger partial charge in [0.15, 0.2) is 0 Å². The number of benzene rings is 1. The van der Waals surface area contributed by atoms with E-state index in [-0.39, 0.29) is 0 Å². The molecular formula is C16H23N3. The minimum Gasteiger partial charge on any atom is -0.379 e. The lowest BCUT2D eigenvalue weighted by atomic mass is 10.2. The van der Waals surface area contributed by atoms with Crippen LogP contribution in [0.15, 0.2) is 42.7 Å². The molecule has 0 aliphatic rings. The van der Waals surface area contributed by atoms with E-state index in [9.17, 15) is 0 Å². The highest BCUT2D eigenvalue weighted by Gasteiger charge is 2.03. The number of hydrogen-bond donors (Lipinski definition) is 1. The maximum atomic E-state index is 3.51. The molecule has 0 spiro atoms. The largest absolute Gasteiger partial charge is 0.379 e. The van der Waals surface area contributed by atoms with Gasteiger partial charge in [-0.05, 0) is 30.2 Å². The second-order valence-corrected chi connectivity index (χ2v) is 5.02. The molecule has 3 heteroatoms.